The van der Waals surface area contributed by atoms with Crippen LogP contribution in [0.5, 0.6) is 0 Å². The summed E-state index contributed by atoms with van der Waals surface area (Å²) in [5.74, 6) is -0.375. The summed E-state index contributed by atoms with van der Waals surface area (Å²) in [6.45, 7) is 7.05. The second kappa shape index (κ2) is 13.9. The second-order valence-corrected chi connectivity index (χ2v) is 5.03. The summed E-state index contributed by atoms with van der Waals surface area (Å²) in [6.07, 6.45) is 0. The molecule has 0 bridgehead atoms. The van der Waals surface area contributed by atoms with Crippen LogP contribution in [0.3, 0.4) is 0 Å². The number of esters is 1. The predicted molar refractivity (Wildman–Crippen MR) is 78.5 cm³/mol. The number of carbonyl (C=O) groups excluding carboxylic acids is 1. The van der Waals surface area contributed by atoms with E-state index in [-0.39, 0.29) is 33.7 Å². The third-order valence-electron chi connectivity index (χ3n) is 1.61. The van der Waals surface area contributed by atoms with Crippen LogP contribution in [-0.2, 0) is 18.6 Å². The normalized spacial score (nSPS) is 9.95. The first-order valence-corrected chi connectivity index (χ1v) is 6.25. The van der Waals surface area contributed by atoms with Gasteiger partial charge in [-0.3, -0.25) is 4.52 Å². The van der Waals surface area contributed by atoms with Crippen molar-refractivity contribution in [1.29, 1.82) is 0 Å². The van der Waals surface area contributed by atoms with Crippen LogP contribution in [0.4, 0.5) is 0 Å². The fourth-order valence-corrected chi connectivity index (χ4v) is 0.783. The highest BCUT2D eigenvalue weighted by atomic mass is 35.5. The van der Waals surface area contributed by atoms with Crippen molar-refractivity contribution in [3.8, 4) is 0 Å². The van der Waals surface area contributed by atoms with Crippen LogP contribution in [0, 0.1) is 0 Å². The summed E-state index contributed by atoms with van der Waals surface area (Å²) in [5, 5.41) is 0. The zero-order valence-corrected chi connectivity index (χ0v) is 13.8. The molecular weight excluding hydrogens is 291 g/mol. The van der Waals surface area contributed by atoms with Gasteiger partial charge < -0.3 is 15.0 Å². The van der Waals surface area contributed by atoms with Gasteiger partial charge in [0, 0.05) is 12.1 Å². The van der Waals surface area contributed by atoms with Crippen molar-refractivity contribution < 1.29 is 23.1 Å². The van der Waals surface area contributed by atoms with Crippen LogP contribution < -0.4 is 5.73 Å². The molecule has 0 aliphatic carbocycles. The molecule has 0 aromatic carbocycles. The van der Waals surface area contributed by atoms with Gasteiger partial charge in [-0.15, -0.1) is 12.4 Å². The zero-order chi connectivity index (χ0) is 14.6. The number of nitrogens with zero attached hydrogens (tertiary/aromatic N) is 1. The molecule has 0 atom stereocenters. The molecule has 0 heterocycles. The van der Waals surface area contributed by atoms with Crippen molar-refractivity contribution in [2.24, 2.45) is 5.73 Å². The maximum absolute atomic E-state index is 10.5. The molecule has 0 aliphatic heterocycles. The first-order valence-electron chi connectivity index (χ1n) is 5.52. The van der Waals surface area contributed by atoms with Gasteiger partial charge in [0.1, 0.15) is 19.8 Å². The summed E-state index contributed by atoms with van der Waals surface area (Å²) in [7, 11) is 5.96. The SMILES string of the molecule is C=C(C)C(=O)OCCN.C[N+](C)(C)CCOP=O.Cl. The molecule has 0 amide bonds. The number of halogens is 1. The van der Waals surface area contributed by atoms with E-state index < -0.39 is 0 Å². The molecule has 0 saturated heterocycles. The molecule has 0 saturated carbocycles. The molecule has 8 heteroatoms. The number of hydrogen-bond donors (Lipinski definition) is 1. The van der Waals surface area contributed by atoms with Crippen LogP contribution in [0.1, 0.15) is 6.92 Å². The van der Waals surface area contributed by atoms with Crippen LogP contribution in [0.2, 0.25) is 0 Å². The smallest absolute Gasteiger partial charge is 0.333 e. The molecule has 0 rings (SSSR count). The van der Waals surface area contributed by atoms with E-state index in [0.717, 1.165) is 11.0 Å². The topological polar surface area (TPSA) is 78.6 Å². The van der Waals surface area contributed by atoms with E-state index in [1.165, 1.54) is 0 Å². The summed E-state index contributed by atoms with van der Waals surface area (Å²) in [6, 6.07) is 0. The Morgan fingerprint density at radius 1 is 1.32 bits per heavy atom. The first kappa shape index (κ1) is 23.6. The lowest BCUT2D eigenvalue weighted by Gasteiger charge is -2.22. The van der Waals surface area contributed by atoms with E-state index >= 15 is 0 Å². The van der Waals surface area contributed by atoms with Gasteiger partial charge in [0.15, 0.2) is 0 Å². The Morgan fingerprint density at radius 2 is 1.84 bits per heavy atom. The van der Waals surface area contributed by atoms with Gasteiger partial charge in [-0.2, -0.15) is 0 Å². The first-order chi connectivity index (χ1) is 8.24. The Labute approximate surface area is 123 Å². The van der Waals surface area contributed by atoms with Crippen LogP contribution >= 0.6 is 21.1 Å². The van der Waals surface area contributed by atoms with Gasteiger partial charge in [0.25, 0.3) is 0 Å². The Morgan fingerprint density at radius 3 is 2.16 bits per heavy atom. The fraction of sp³-hybridized carbons (Fsp3) is 0.727. The van der Waals surface area contributed by atoms with Crippen LogP contribution in [-0.4, -0.2) is 57.9 Å². The summed E-state index contributed by atoms with van der Waals surface area (Å²) in [4.78, 5) is 10.5. The molecule has 2 N–H and O–H groups in total. The molecule has 0 aromatic heterocycles. The molecule has 19 heavy (non-hydrogen) atoms. The van der Waals surface area contributed by atoms with Gasteiger partial charge in [-0.05, 0) is 6.92 Å². The quantitative estimate of drug-likeness (QED) is 0.253. The number of likely N-dealkylation sites (N-methyl/N-ethyl adjacent to an activating group) is 1. The van der Waals surface area contributed by atoms with E-state index in [2.05, 4.69) is 37.0 Å². The fourth-order valence-electron chi connectivity index (χ4n) is 0.627. The van der Waals surface area contributed by atoms with Crippen molar-refractivity contribution in [1.82, 2.24) is 0 Å². The molecule has 6 nitrogen and oxygen atoms in total. The van der Waals surface area contributed by atoms with Gasteiger partial charge in [0.2, 0.25) is 0 Å². The summed E-state index contributed by atoms with van der Waals surface area (Å²) < 4.78 is 19.8. The number of nitrogens with two attached hydrogens (primary N) is 1. The van der Waals surface area contributed by atoms with Gasteiger partial charge in [-0.25, -0.2) is 9.36 Å². The van der Waals surface area contributed by atoms with Crippen molar-refractivity contribution in [3.05, 3.63) is 12.2 Å². The van der Waals surface area contributed by atoms with Crippen LogP contribution in [0.25, 0.3) is 0 Å². The number of rotatable bonds is 7. The zero-order valence-electron chi connectivity index (χ0n) is 12.0. The van der Waals surface area contributed by atoms with E-state index in [1.807, 2.05) is 0 Å². The molecule has 0 aliphatic rings. The molecular formula is C11H25ClN2O4P+. The third kappa shape index (κ3) is 23.1. The Hall–Kier alpha value is -0.520. The third-order valence-corrected chi connectivity index (χ3v) is 1.89. The predicted octanol–water partition coefficient (Wildman–Crippen LogP) is 1.40. The molecule has 0 radical (unpaired) electrons. The highest BCUT2D eigenvalue weighted by Gasteiger charge is 2.04. The second-order valence-electron chi connectivity index (χ2n) is 4.63. The maximum Gasteiger partial charge on any atom is 0.333 e. The van der Waals surface area contributed by atoms with Crippen molar-refractivity contribution in [3.63, 3.8) is 0 Å². The monoisotopic (exact) mass is 315 g/mol. The van der Waals surface area contributed by atoms with Crippen molar-refractivity contribution >= 4 is 27.1 Å². The lowest BCUT2D eigenvalue weighted by atomic mass is 10.4. The van der Waals surface area contributed by atoms with E-state index in [4.69, 9.17) is 5.73 Å². The number of hydrogen-bond acceptors (Lipinski definition) is 5. The number of carbonyl (C=O) groups is 1. The average molecular weight is 316 g/mol. The van der Waals surface area contributed by atoms with E-state index in [1.54, 1.807) is 6.92 Å². The molecule has 0 aromatic rings. The van der Waals surface area contributed by atoms with Gasteiger partial charge in [-0.1, -0.05) is 6.58 Å². The molecule has 0 fully saturated rings. The van der Waals surface area contributed by atoms with Gasteiger partial charge in [0.05, 0.1) is 21.1 Å². The minimum absolute atomic E-state index is 0. The number of quaternary nitrogens is 1. The minimum atomic E-state index is -0.375. The highest BCUT2D eigenvalue weighted by Crippen LogP contribution is 1.96. The average Bonchev–Trinajstić information content (AvgIpc) is 2.25. The lowest BCUT2D eigenvalue weighted by molar-refractivity contribution is -0.870. The Kier molecular flexibility index (Phi) is 17.2. The standard InChI is InChI=1S/C6H11NO2.C5H13NO2P.ClH/c1-5(2)6(8)9-4-3-7;1-6(2,3)4-5-8-9-7;/h1,3-4,7H2,2H3;4-5H2,1-3H3;1H/q;+1;. The van der Waals surface area contributed by atoms with Crippen LogP contribution in [0.15, 0.2) is 12.2 Å². The maximum atomic E-state index is 10.5. The van der Waals surface area contributed by atoms with Crippen molar-refractivity contribution in [2.45, 2.75) is 6.92 Å². The highest BCUT2D eigenvalue weighted by molar-refractivity contribution is 7.17. The Balaban J connectivity index is -0.000000256. The largest absolute Gasteiger partial charge is 0.461 e. The lowest BCUT2D eigenvalue weighted by Crippen LogP contribution is -2.37. The van der Waals surface area contributed by atoms with E-state index in [0.29, 0.717) is 18.7 Å². The summed E-state index contributed by atoms with van der Waals surface area (Å²) >= 11 is 0. The molecule has 0 unspecified atom stereocenters. The number of ether oxygens (including phenoxy) is 1. The van der Waals surface area contributed by atoms with Gasteiger partial charge >= 0.3 is 14.7 Å². The van der Waals surface area contributed by atoms with Crippen molar-refractivity contribution in [2.75, 3.05) is 47.4 Å². The molecule has 0 spiro atoms. The van der Waals surface area contributed by atoms with E-state index in [9.17, 15) is 9.36 Å². The molecule has 114 valence electrons. The minimum Gasteiger partial charge on any atom is -0.461 e. The Bertz CT molecular complexity index is 270. The summed E-state index contributed by atoms with van der Waals surface area (Å²) in [5.41, 5.74) is 5.48.